The Morgan fingerprint density at radius 3 is 2.22 bits per heavy atom. The molecular formula is C29H34N2O4S. The summed E-state index contributed by atoms with van der Waals surface area (Å²) in [4.78, 5) is 38.7. The van der Waals surface area contributed by atoms with Crippen LogP contribution in [0.15, 0.2) is 72.8 Å². The quantitative estimate of drug-likeness (QED) is 0.355. The lowest BCUT2D eigenvalue weighted by atomic mass is 9.98. The summed E-state index contributed by atoms with van der Waals surface area (Å²) < 4.78 is 5.32. The van der Waals surface area contributed by atoms with Crippen LogP contribution in [0, 0.1) is 5.92 Å². The van der Waals surface area contributed by atoms with Crippen molar-refractivity contribution >= 4 is 40.3 Å². The van der Waals surface area contributed by atoms with Gasteiger partial charge in [0.15, 0.2) is 5.78 Å². The molecule has 0 unspecified atom stereocenters. The van der Waals surface area contributed by atoms with E-state index < -0.39 is 18.2 Å². The van der Waals surface area contributed by atoms with Gasteiger partial charge in [-0.2, -0.15) is 11.8 Å². The number of thioether (sulfide) groups is 1. The van der Waals surface area contributed by atoms with Crippen molar-refractivity contribution in [3.8, 4) is 0 Å². The molecule has 3 aromatic rings. The summed E-state index contributed by atoms with van der Waals surface area (Å²) in [6.07, 6.45) is 1.99. The van der Waals surface area contributed by atoms with Gasteiger partial charge < -0.3 is 15.4 Å². The van der Waals surface area contributed by atoms with Crippen LogP contribution in [0.3, 0.4) is 0 Å². The smallest absolute Gasteiger partial charge is 0.408 e. The van der Waals surface area contributed by atoms with Gasteiger partial charge in [0.25, 0.3) is 0 Å². The van der Waals surface area contributed by atoms with Crippen molar-refractivity contribution in [1.82, 2.24) is 10.6 Å². The summed E-state index contributed by atoms with van der Waals surface area (Å²) in [7, 11) is 0. The molecule has 0 fully saturated rings. The second kappa shape index (κ2) is 13.7. The van der Waals surface area contributed by atoms with Gasteiger partial charge in [0.05, 0.1) is 11.8 Å². The van der Waals surface area contributed by atoms with Gasteiger partial charge in [-0.1, -0.05) is 86.6 Å². The molecule has 0 spiro atoms. The summed E-state index contributed by atoms with van der Waals surface area (Å²) in [5, 5.41) is 7.80. The third-order valence-electron chi connectivity index (χ3n) is 5.77. The molecule has 3 rings (SSSR count). The third kappa shape index (κ3) is 8.41. The third-order valence-corrected chi connectivity index (χ3v) is 6.35. The number of carbonyl (C=O) groups excluding carboxylic acids is 3. The first-order valence-electron chi connectivity index (χ1n) is 12.1. The molecule has 36 heavy (non-hydrogen) atoms. The maximum absolute atomic E-state index is 13.3. The summed E-state index contributed by atoms with van der Waals surface area (Å²) in [5.41, 5.74) is 1.82. The Kier molecular flexibility index (Phi) is 10.4. The Hall–Kier alpha value is -3.32. The maximum Gasteiger partial charge on any atom is 0.408 e. The Balaban J connectivity index is 1.69. The molecule has 2 atom stereocenters. The predicted molar refractivity (Wildman–Crippen MR) is 146 cm³/mol. The zero-order valence-corrected chi connectivity index (χ0v) is 21.8. The molecule has 7 heteroatoms. The minimum absolute atomic E-state index is 0.0565. The molecule has 0 heterocycles. The van der Waals surface area contributed by atoms with Crippen molar-refractivity contribution in [3.63, 3.8) is 0 Å². The first-order valence-corrected chi connectivity index (χ1v) is 13.5. The van der Waals surface area contributed by atoms with E-state index in [9.17, 15) is 14.4 Å². The zero-order valence-electron chi connectivity index (χ0n) is 21.0. The molecule has 6 nitrogen and oxygen atoms in total. The van der Waals surface area contributed by atoms with Crippen LogP contribution in [0.25, 0.3) is 10.8 Å². The highest BCUT2D eigenvalue weighted by atomic mass is 32.2. The molecule has 2 N–H and O–H groups in total. The number of carbonyl (C=O) groups is 3. The molecule has 0 aliphatic carbocycles. The van der Waals surface area contributed by atoms with E-state index in [-0.39, 0.29) is 24.2 Å². The molecule has 0 radical (unpaired) electrons. The predicted octanol–water partition coefficient (Wildman–Crippen LogP) is 5.14. The van der Waals surface area contributed by atoms with Gasteiger partial charge in [-0.05, 0) is 46.9 Å². The van der Waals surface area contributed by atoms with Crippen LogP contribution < -0.4 is 10.6 Å². The minimum atomic E-state index is -0.811. The van der Waals surface area contributed by atoms with E-state index in [0.717, 1.165) is 21.9 Å². The van der Waals surface area contributed by atoms with Crippen molar-refractivity contribution in [2.24, 2.45) is 5.92 Å². The van der Waals surface area contributed by atoms with Gasteiger partial charge in [0.1, 0.15) is 12.6 Å². The van der Waals surface area contributed by atoms with Crippen molar-refractivity contribution in [1.29, 1.82) is 0 Å². The number of ether oxygens (including phenoxy) is 1. The summed E-state index contributed by atoms with van der Waals surface area (Å²) in [6, 6.07) is 21.9. The number of nitrogens with one attached hydrogen (secondary N) is 2. The lowest BCUT2D eigenvalue weighted by molar-refractivity contribution is -0.128. The van der Waals surface area contributed by atoms with Crippen LogP contribution in [0.1, 0.15) is 31.4 Å². The first kappa shape index (κ1) is 27.3. The minimum Gasteiger partial charge on any atom is -0.445 e. The SMILES string of the molecule is CSCC(=O)[C@H](Cc1ccc2ccccc2c1)NC(=O)[C@H](CC(C)C)NC(=O)OCc1ccccc1. The lowest BCUT2D eigenvalue weighted by Gasteiger charge is -2.24. The van der Waals surface area contributed by atoms with E-state index in [1.165, 1.54) is 11.8 Å². The number of amides is 2. The van der Waals surface area contributed by atoms with Crippen molar-refractivity contribution in [3.05, 3.63) is 83.9 Å². The molecule has 0 saturated heterocycles. The fourth-order valence-electron chi connectivity index (χ4n) is 3.97. The molecule has 2 amide bonds. The topological polar surface area (TPSA) is 84.5 Å². The summed E-state index contributed by atoms with van der Waals surface area (Å²) in [6.45, 7) is 4.06. The summed E-state index contributed by atoms with van der Waals surface area (Å²) in [5.74, 6) is -0.00418. The number of alkyl carbamates (subject to hydrolysis) is 1. The van der Waals surface area contributed by atoms with Crippen LogP contribution in [-0.4, -0.2) is 41.9 Å². The van der Waals surface area contributed by atoms with Gasteiger partial charge >= 0.3 is 6.09 Å². The van der Waals surface area contributed by atoms with Crippen LogP contribution in [-0.2, 0) is 27.4 Å². The molecular weight excluding hydrogens is 472 g/mol. The van der Waals surface area contributed by atoms with Crippen LogP contribution in [0.4, 0.5) is 4.79 Å². The van der Waals surface area contributed by atoms with Gasteiger partial charge in [-0.25, -0.2) is 4.79 Å². The van der Waals surface area contributed by atoms with Gasteiger partial charge in [0.2, 0.25) is 5.91 Å². The monoisotopic (exact) mass is 506 g/mol. The molecule has 3 aromatic carbocycles. The van der Waals surface area contributed by atoms with E-state index in [2.05, 4.69) is 10.6 Å². The normalized spacial score (nSPS) is 12.7. The second-order valence-electron chi connectivity index (χ2n) is 9.23. The summed E-state index contributed by atoms with van der Waals surface area (Å²) >= 11 is 1.42. The Morgan fingerprint density at radius 1 is 0.833 bits per heavy atom. The standard InChI is InChI=1S/C29H34N2O4S/c1-20(2)15-26(31-29(34)35-18-21-9-5-4-6-10-21)28(33)30-25(27(32)19-36-3)17-22-13-14-23-11-7-8-12-24(23)16-22/h4-14,16,20,25-26H,15,17-19H2,1-3H3,(H,30,33)(H,31,34)/t25-,26-/m0/s1. The van der Waals surface area contributed by atoms with Gasteiger partial charge in [-0.3, -0.25) is 9.59 Å². The van der Waals surface area contributed by atoms with Gasteiger partial charge in [0, 0.05) is 0 Å². The van der Waals surface area contributed by atoms with E-state index in [1.54, 1.807) is 0 Å². The highest BCUT2D eigenvalue weighted by Gasteiger charge is 2.28. The average Bonchev–Trinajstić information content (AvgIpc) is 2.87. The maximum atomic E-state index is 13.3. The number of Topliss-reactive ketones (excluding diaryl/α,β-unsaturated/α-hetero) is 1. The molecule has 0 aromatic heterocycles. The molecule has 0 aliphatic rings. The zero-order chi connectivity index (χ0) is 25.9. The molecule has 0 aliphatic heterocycles. The van der Waals surface area contributed by atoms with E-state index in [4.69, 9.17) is 4.74 Å². The average molecular weight is 507 g/mol. The Bertz CT molecular complexity index is 1170. The highest BCUT2D eigenvalue weighted by molar-refractivity contribution is 7.99. The number of fused-ring (bicyclic) bond motifs is 1. The number of rotatable bonds is 12. The van der Waals surface area contributed by atoms with Crippen LogP contribution in [0.5, 0.6) is 0 Å². The first-order chi connectivity index (χ1) is 17.4. The number of hydrogen-bond donors (Lipinski definition) is 2. The fourth-order valence-corrected chi connectivity index (χ4v) is 4.46. The molecule has 0 bridgehead atoms. The lowest BCUT2D eigenvalue weighted by Crippen LogP contribution is -2.53. The van der Waals surface area contributed by atoms with Crippen molar-refractivity contribution in [2.75, 3.05) is 12.0 Å². The number of ketones is 1. The largest absolute Gasteiger partial charge is 0.445 e. The highest BCUT2D eigenvalue weighted by Crippen LogP contribution is 2.17. The second-order valence-corrected chi connectivity index (χ2v) is 10.1. The van der Waals surface area contributed by atoms with Crippen LogP contribution in [0.2, 0.25) is 0 Å². The van der Waals surface area contributed by atoms with E-state index >= 15 is 0 Å². The van der Waals surface area contributed by atoms with Crippen molar-refractivity contribution < 1.29 is 19.1 Å². The van der Waals surface area contributed by atoms with E-state index in [0.29, 0.717) is 18.6 Å². The number of hydrogen-bond acceptors (Lipinski definition) is 5. The van der Waals surface area contributed by atoms with Crippen LogP contribution >= 0.6 is 11.8 Å². The van der Waals surface area contributed by atoms with E-state index in [1.807, 2.05) is 92.9 Å². The fraction of sp³-hybridized carbons (Fsp3) is 0.345. The Labute approximate surface area is 217 Å². The van der Waals surface area contributed by atoms with Crippen molar-refractivity contribution in [2.45, 2.75) is 45.4 Å². The molecule has 190 valence electrons. The number of benzene rings is 3. The Morgan fingerprint density at radius 2 is 1.53 bits per heavy atom. The van der Waals surface area contributed by atoms with Gasteiger partial charge in [-0.15, -0.1) is 0 Å². The molecule has 0 saturated carbocycles.